The van der Waals surface area contributed by atoms with Crippen LogP contribution in [0.2, 0.25) is 0 Å². The number of hydrogen-bond acceptors (Lipinski definition) is 8. The Labute approximate surface area is 139 Å². The lowest BCUT2D eigenvalue weighted by Crippen LogP contribution is -2.02. The van der Waals surface area contributed by atoms with Gasteiger partial charge in [0.25, 0.3) is 0 Å². The Morgan fingerprint density at radius 2 is 1.83 bits per heavy atom. The number of hydrogen-bond donors (Lipinski definition) is 0. The number of methoxy groups -OCH3 is 1. The van der Waals surface area contributed by atoms with E-state index in [0.29, 0.717) is 18.4 Å². The van der Waals surface area contributed by atoms with Crippen LogP contribution in [-0.4, -0.2) is 46.0 Å². The number of rotatable bonds is 9. The van der Waals surface area contributed by atoms with Crippen LogP contribution in [0.1, 0.15) is 13.8 Å². The van der Waals surface area contributed by atoms with Gasteiger partial charge in [-0.15, -0.1) is 5.10 Å². The van der Waals surface area contributed by atoms with Gasteiger partial charge in [-0.25, -0.2) is 0 Å². The third-order valence-corrected chi connectivity index (χ3v) is 6.36. The Morgan fingerprint density at radius 1 is 1.17 bits per heavy atom. The molecule has 0 saturated carbocycles. The van der Waals surface area contributed by atoms with Gasteiger partial charge in [-0.2, -0.15) is 4.68 Å². The fraction of sp³-hybridized carbons (Fsp3) is 0.462. The molecule has 1 aromatic carbocycles. The first-order chi connectivity index (χ1) is 11.1. The standard InChI is InChI=1S/C13H19N4O4PS/c1-4-20-22(18,21-5-2)10-23-13-14-15-16-17(13)11-6-8-12(19-3)9-7-11/h6-9H,4-5,10H2,1-3H3. The lowest BCUT2D eigenvalue weighted by molar-refractivity contribution is 0.224. The lowest BCUT2D eigenvalue weighted by Gasteiger charge is -2.16. The van der Waals surface area contributed by atoms with Gasteiger partial charge in [0.2, 0.25) is 5.16 Å². The molecule has 10 heteroatoms. The Kier molecular flexibility index (Phi) is 6.59. The summed E-state index contributed by atoms with van der Waals surface area (Å²) in [4.78, 5) is 0. The molecule has 0 radical (unpaired) electrons. The zero-order chi connectivity index (χ0) is 16.7. The normalized spacial score (nSPS) is 11.6. The molecule has 0 fully saturated rings. The van der Waals surface area contributed by atoms with Crippen molar-refractivity contribution in [1.29, 1.82) is 0 Å². The van der Waals surface area contributed by atoms with E-state index in [-0.39, 0.29) is 5.49 Å². The van der Waals surface area contributed by atoms with Gasteiger partial charge in [0.15, 0.2) is 0 Å². The molecule has 126 valence electrons. The molecular formula is C13H19N4O4PS. The molecule has 0 atom stereocenters. The van der Waals surface area contributed by atoms with Crippen LogP contribution in [0.3, 0.4) is 0 Å². The summed E-state index contributed by atoms with van der Waals surface area (Å²) >= 11 is 1.23. The maximum Gasteiger partial charge on any atom is 0.340 e. The van der Waals surface area contributed by atoms with E-state index in [1.165, 1.54) is 11.8 Å². The number of nitrogens with zero attached hydrogens (tertiary/aromatic N) is 4. The van der Waals surface area contributed by atoms with Crippen molar-refractivity contribution >= 4 is 19.4 Å². The second-order valence-electron chi connectivity index (χ2n) is 4.29. The smallest absolute Gasteiger partial charge is 0.340 e. The fourth-order valence-electron chi connectivity index (χ4n) is 1.80. The van der Waals surface area contributed by atoms with Gasteiger partial charge in [0.05, 0.1) is 26.0 Å². The number of ether oxygens (including phenoxy) is 1. The molecular weight excluding hydrogens is 339 g/mol. The summed E-state index contributed by atoms with van der Waals surface area (Å²) in [7, 11) is -1.55. The quantitative estimate of drug-likeness (QED) is 0.499. The average molecular weight is 358 g/mol. The fourth-order valence-corrected chi connectivity index (χ4v) is 4.71. The van der Waals surface area contributed by atoms with Gasteiger partial charge in [-0.3, -0.25) is 4.57 Å². The Morgan fingerprint density at radius 3 is 2.39 bits per heavy atom. The molecule has 0 bridgehead atoms. The van der Waals surface area contributed by atoms with Crippen LogP contribution in [0.25, 0.3) is 5.69 Å². The molecule has 2 aromatic rings. The van der Waals surface area contributed by atoms with Crippen LogP contribution < -0.4 is 4.74 Å². The highest BCUT2D eigenvalue weighted by Crippen LogP contribution is 2.51. The summed E-state index contributed by atoms with van der Waals surface area (Å²) in [5, 5.41) is 12.1. The van der Waals surface area contributed by atoms with Crippen molar-refractivity contribution < 1.29 is 18.3 Å². The molecule has 0 spiro atoms. The summed E-state index contributed by atoms with van der Waals surface area (Å²) in [5.74, 6) is 0.744. The maximum absolute atomic E-state index is 12.5. The minimum Gasteiger partial charge on any atom is -0.497 e. The Bertz CT molecular complexity index is 654. The first-order valence-electron chi connectivity index (χ1n) is 7.05. The van der Waals surface area contributed by atoms with E-state index in [4.69, 9.17) is 13.8 Å². The highest BCUT2D eigenvalue weighted by atomic mass is 32.2. The molecule has 0 saturated heterocycles. The van der Waals surface area contributed by atoms with Crippen LogP contribution in [0.4, 0.5) is 0 Å². The minimum absolute atomic E-state index is 0.144. The SMILES string of the molecule is CCOP(=O)(CSc1nnnn1-c1ccc(OC)cc1)OCC. The molecule has 0 N–H and O–H groups in total. The van der Waals surface area contributed by atoms with Crippen molar-refractivity contribution in [2.24, 2.45) is 0 Å². The monoisotopic (exact) mass is 358 g/mol. The second-order valence-corrected chi connectivity index (χ2v) is 7.72. The topological polar surface area (TPSA) is 88.4 Å². The van der Waals surface area contributed by atoms with Crippen molar-refractivity contribution in [1.82, 2.24) is 20.2 Å². The van der Waals surface area contributed by atoms with Crippen molar-refractivity contribution in [2.75, 3.05) is 25.8 Å². The van der Waals surface area contributed by atoms with E-state index in [0.717, 1.165) is 11.4 Å². The van der Waals surface area contributed by atoms with E-state index in [1.54, 1.807) is 25.6 Å². The molecule has 1 aromatic heterocycles. The van der Waals surface area contributed by atoms with E-state index < -0.39 is 7.60 Å². The average Bonchev–Trinajstić information content (AvgIpc) is 3.02. The second kappa shape index (κ2) is 8.44. The summed E-state index contributed by atoms with van der Waals surface area (Å²) < 4.78 is 29.7. The molecule has 1 heterocycles. The summed E-state index contributed by atoms with van der Waals surface area (Å²) in [6.07, 6.45) is 0. The number of benzene rings is 1. The third-order valence-electron chi connectivity index (χ3n) is 2.76. The van der Waals surface area contributed by atoms with Crippen LogP contribution in [0.5, 0.6) is 5.75 Å². The predicted octanol–water partition coefficient (Wildman–Crippen LogP) is 2.99. The van der Waals surface area contributed by atoms with Gasteiger partial charge in [0.1, 0.15) is 11.2 Å². The van der Waals surface area contributed by atoms with E-state index >= 15 is 0 Å². The highest BCUT2D eigenvalue weighted by molar-refractivity contribution is 8.04. The number of thioether (sulfide) groups is 1. The zero-order valence-electron chi connectivity index (χ0n) is 13.2. The van der Waals surface area contributed by atoms with Gasteiger partial charge in [-0.1, -0.05) is 11.8 Å². The molecule has 23 heavy (non-hydrogen) atoms. The maximum atomic E-state index is 12.5. The van der Waals surface area contributed by atoms with Crippen molar-refractivity contribution in [3.05, 3.63) is 24.3 Å². The van der Waals surface area contributed by atoms with Gasteiger partial charge in [-0.05, 0) is 48.5 Å². The first kappa shape index (κ1) is 17.9. The molecule has 0 aliphatic heterocycles. The van der Waals surface area contributed by atoms with E-state index in [2.05, 4.69) is 15.5 Å². The first-order valence-corrected chi connectivity index (χ1v) is 9.77. The Hall–Kier alpha value is -1.41. The molecule has 0 unspecified atom stereocenters. The van der Waals surface area contributed by atoms with Crippen molar-refractivity contribution in [3.63, 3.8) is 0 Å². The zero-order valence-corrected chi connectivity index (χ0v) is 14.9. The minimum atomic E-state index is -3.15. The van der Waals surface area contributed by atoms with Crippen LogP contribution >= 0.6 is 19.4 Å². The van der Waals surface area contributed by atoms with Crippen molar-refractivity contribution in [3.8, 4) is 11.4 Å². The molecule has 0 aliphatic rings. The van der Waals surface area contributed by atoms with Gasteiger partial charge >= 0.3 is 7.60 Å². The number of aromatic nitrogens is 4. The molecule has 8 nitrogen and oxygen atoms in total. The van der Waals surface area contributed by atoms with E-state index in [1.807, 2.05) is 24.3 Å². The lowest BCUT2D eigenvalue weighted by atomic mass is 10.3. The third kappa shape index (κ3) is 4.78. The van der Waals surface area contributed by atoms with E-state index in [9.17, 15) is 4.57 Å². The summed E-state index contributed by atoms with van der Waals surface area (Å²) in [6, 6.07) is 7.31. The largest absolute Gasteiger partial charge is 0.497 e. The molecule has 0 amide bonds. The van der Waals surface area contributed by atoms with Gasteiger partial charge < -0.3 is 13.8 Å². The van der Waals surface area contributed by atoms with Crippen LogP contribution in [0, 0.1) is 0 Å². The van der Waals surface area contributed by atoms with Crippen LogP contribution in [-0.2, 0) is 13.6 Å². The van der Waals surface area contributed by atoms with Crippen molar-refractivity contribution in [2.45, 2.75) is 19.0 Å². The Balaban J connectivity index is 2.12. The predicted molar refractivity (Wildman–Crippen MR) is 87.3 cm³/mol. The van der Waals surface area contributed by atoms with Crippen LogP contribution in [0.15, 0.2) is 29.4 Å². The summed E-state index contributed by atoms with van der Waals surface area (Å²) in [6.45, 7) is 4.19. The molecule has 2 rings (SSSR count). The number of tetrazole rings is 1. The summed E-state index contributed by atoms with van der Waals surface area (Å²) in [5.41, 5.74) is 0.923. The van der Waals surface area contributed by atoms with Gasteiger partial charge in [0, 0.05) is 0 Å². The highest BCUT2D eigenvalue weighted by Gasteiger charge is 2.25. The molecule has 0 aliphatic carbocycles.